The fraction of sp³-hybridized carbons (Fsp3) is 0.0411. The van der Waals surface area contributed by atoms with E-state index in [4.69, 9.17) is 6.58 Å². The van der Waals surface area contributed by atoms with Crippen LogP contribution in [0.2, 0.25) is 0 Å². The van der Waals surface area contributed by atoms with Gasteiger partial charge in [-0.05, 0) is 135 Å². The van der Waals surface area contributed by atoms with Crippen LogP contribution in [0.1, 0.15) is 30.4 Å². The second-order valence-electron chi connectivity index (χ2n) is 18.8. The topological polar surface area (TPSA) is 6.48 Å². The summed E-state index contributed by atoms with van der Waals surface area (Å²) in [5.74, 6) is 0.198. The number of anilines is 5. The molecule has 2 nitrogen and oxygen atoms in total. The van der Waals surface area contributed by atoms with Crippen LogP contribution in [0.25, 0.3) is 61.2 Å². The highest BCUT2D eigenvalue weighted by molar-refractivity contribution is 5.97. The molecule has 0 aliphatic heterocycles. The molecule has 360 valence electrons. The molecule has 0 bridgehead atoms. The molecule has 1 aliphatic carbocycles. The maximum atomic E-state index is 5.13. The highest BCUT2D eigenvalue weighted by atomic mass is 15.2. The molecule has 0 amide bonds. The number of rotatable bonds is 15. The van der Waals surface area contributed by atoms with Gasteiger partial charge in [0.15, 0.2) is 0 Å². The third-order valence-corrected chi connectivity index (χ3v) is 14.1. The lowest BCUT2D eigenvalue weighted by molar-refractivity contribution is 0.855. The molecule has 1 aliphatic rings. The molecular formula is C73H58N2. The molecule has 0 heterocycles. The summed E-state index contributed by atoms with van der Waals surface area (Å²) in [5.41, 5.74) is 20.9. The van der Waals surface area contributed by atoms with Crippen molar-refractivity contribution in [2.24, 2.45) is 0 Å². The van der Waals surface area contributed by atoms with Crippen molar-refractivity contribution in [3.63, 3.8) is 0 Å². The predicted molar refractivity (Wildman–Crippen MR) is 321 cm³/mol. The molecule has 0 aromatic heterocycles. The standard InChI is InChI=1S/C73H58N2/c1-3-4-44-72(74(63-41-25-39-61(50-63)55-27-11-5-12-28-55)65-46-48-68(57-31-15-7-16-32-57)70(52-65)59-35-19-9-20-36-59)54(2)67-43-23-24-45-73(67)75(64-42-26-40-62(51-64)56-29-13-6-14-30-56)66-47-49-69(58-33-17-8-18-34-58)71(53-66)60-37-21-10-22-38-60/h3-35,37-53,59H,2,36H2,1H3/b4-3-,72-44+. The van der Waals surface area contributed by atoms with Gasteiger partial charge in [-0.3, -0.25) is 0 Å². The normalized spacial score (nSPS) is 13.2. The summed E-state index contributed by atoms with van der Waals surface area (Å²) < 4.78 is 0. The van der Waals surface area contributed by atoms with Gasteiger partial charge in [0.25, 0.3) is 0 Å². The van der Waals surface area contributed by atoms with E-state index in [0.717, 1.165) is 85.1 Å². The van der Waals surface area contributed by atoms with Crippen molar-refractivity contribution in [1.82, 2.24) is 0 Å². The van der Waals surface area contributed by atoms with Crippen LogP contribution in [0.4, 0.5) is 28.4 Å². The smallest absolute Gasteiger partial charge is 0.0540 e. The second kappa shape index (κ2) is 22.5. The van der Waals surface area contributed by atoms with E-state index in [2.05, 4.69) is 320 Å². The summed E-state index contributed by atoms with van der Waals surface area (Å²) in [6, 6.07) is 94.0. The molecule has 10 aromatic rings. The van der Waals surface area contributed by atoms with Gasteiger partial charge in [0.05, 0.1) is 11.4 Å². The molecule has 75 heavy (non-hydrogen) atoms. The minimum absolute atomic E-state index is 0.198. The summed E-state index contributed by atoms with van der Waals surface area (Å²) in [6.07, 6.45) is 16.4. The van der Waals surface area contributed by atoms with E-state index < -0.39 is 0 Å². The Balaban J connectivity index is 1.12. The molecule has 0 radical (unpaired) electrons. The quantitative estimate of drug-likeness (QED) is 0.0945. The molecule has 1 atom stereocenters. The maximum Gasteiger partial charge on any atom is 0.0540 e. The Kier molecular flexibility index (Phi) is 14.3. The van der Waals surface area contributed by atoms with Crippen LogP contribution in [-0.2, 0) is 0 Å². The molecule has 0 spiro atoms. The lowest BCUT2D eigenvalue weighted by Crippen LogP contribution is -2.19. The highest BCUT2D eigenvalue weighted by Gasteiger charge is 2.26. The molecule has 11 rings (SSSR count). The molecule has 0 saturated heterocycles. The summed E-state index contributed by atoms with van der Waals surface area (Å²) in [5, 5.41) is 0. The zero-order chi connectivity index (χ0) is 50.8. The fourth-order valence-electron chi connectivity index (χ4n) is 10.4. The van der Waals surface area contributed by atoms with Crippen molar-refractivity contribution in [3.8, 4) is 55.6 Å². The van der Waals surface area contributed by atoms with Crippen molar-refractivity contribution in [2.75, 3.05) is 9.80 Å². The first kappa shape index (κ1) is 47.8. The van der Waals surface area contributed by atoms with Gasteiger partial charge in [0, 0.05) is 39.8 Å². The Morgan fingerprint density at radius 1 is 0.427 bits per heavy atom. The van der Waals surface area contributed by atoms with Crippen LogP contribution in [-0.4, -0.2) is 0 Å². The average molecular weight is 963 g/mol. The van der Waals surface area contributed by atoms with Crippen LogP contribution in [0.5, 0.6) is 0 Å². The molecular weight excluding hydrogens is 905 g/mol. The third kappa shape index (κ3) is 10.4. The van der Waals surface area contributed by atoms with Crippen LogP contribution < -0.4 is 9.80 Å². The Morgan fingerprint density at radius 3 is 1.51 bits per heavy atom. The first-order valence-corrected chi connectivity index (χ1v) is 25.9. The monoisotopic (exact) mass is 962 g/mol. The minimum Gasteiger partial charge on any atom is -0.310 e. The van der Waals surface area contributed by atoms with Crippen molar-refractivity contribution in [3.05, 3.63) is 327 Å². The number of hydrogen-bond acceptors (Lipinski definition) is 2. The van der Waals surface area contributed by atoms with Gasteiger partial charge in [-0.15, -0.1) is 0 Å². The number of allylic oxidation sites excluding steroid dienone is 8. The molecule has 0 saturated carbocycles. The van der Waals surface area contributed by atoms with E-state index in [0.29, 0.717) is 0 Å². The van der Waals surface area contributed by atoms with Gasteiger partial charge >= 0.3 is 0 Å². The van der Waals surface area contributed by atoms with Crippen molar-refractivity contribution in [2.45, 2.75) is 19.3 Å². The number of hydrogen-bond donors (Lipinski definition) is 0. The molecule has 0 fully saturated rings. The lowest BCUT2D eigenvalue weighted by Gasteiger charge is -2.33. The summed E-state index contributed by atoms with van der Waals surface area (Å²) in [6.45, 7) is 7.21. The molecule has 0 N–H and O–H groups in total. The molecule has 1 unspecified atom stereocenters. The van der Waals surface area contributed by atoms with Crippen molar-refractivity contribution in [1.29, 1.82) is 0 Å². The number of para-hydroxylation sites is 1. The number of nitrogens with zero attached hydrogens (tertiary/aromatic N) is 2. The van der Waals surface area contributed by atoms with Gasteiger partial charge in [-0.25, -0.2) is 0 Å². The van der Waals surface area contributed by atoms with E-state index in [1.807, 2.05) is 0 Å². The summed E-state index contributed by atoms with van der Waals surface area (Å²) in [4.78, 5) is 4.83. The van der Waals surface area contributed by atoms with E-state index >= 15 is 0 Å². The second-order valence-corrected chi connectivity index (χ2v) is 18.8. The van der Waals surface area contributed by atoms with Crippen LogP contribution >= 0.6 is 0 Å². The fourth-order valence-corrected chi connectivity index (χ4v) is 10.4. The SMILES string of the molecule is C=C(/C(=C\C=C/C)N(c1cccc(-c2ccccc2)c1)c1ccc(-c2ccccc2)c(C2C=CC=CC2)c1)c1ccccc1N(c1cccc(-c2ccccc2)c1)c1ccc(-c2ccccc2)c(-c2ccccc2)c1. The lowest BCUT2D eigenvalue weighted by atomic mass is 9.86. The van der Waals surface area contributed by atoms with Crippen molar-refractivity contribution >= 4 is 34.0 Å². The van der Waals surface area contributed by atoms with Gasteiger partial charge < -0.3 is 9.80 Å². The van der Waals surface area contributed by atoms with Gasteiger partial charge in [0.1, 0.15) is 0 Å². The van der Waals surface area contributed by atoms with E-state index in [1.165, 1.54) is 27.8 Å². The van der Waals surface area contributed by atoms with Crippen LogP contribution in [0, 0.1) is 0 Å². The zero-order valence-corrected chi connectivity index (χ0v) is 42.3. The van der Waals surface area contributed by atoms with Crippen molar-refractivity contribution < 1.29 is 0 Å². The number of benzene rings is 10. The Bertz CT molecular complexity index is 3700. The first-order chi connectivity index (χ1) is 37.1. The van der Waals surface area contributed by atoms with Crippen LogP contribution in [0.15, 0.2) is 316 Å². The van der Waals surface area contributed by atoms with E-state index in [-0.39, 0.29) is 5.92 Å². The first-order valence-electron chi connectivity index (χ1n) is 25.9. The van der Waals surface area contributed by atoms with Crippen LogP contribution in [0.3, 0.4) is 0 Å². The average Bonchev–Trinajstić information content (AvgIpc) is 3.50. The zero-order valence-electron chi connectivity index (χ0n) is 42.3. The third-order valence-electron chi connectivity index (χ3n) is 14.1. The highest BCUT2D eigenvalue weighted by Crippen LogP contribution is 2.47. The van der Waals surface area contributed by atoms with Gasteiger partial charge in [-0.1, -0.05) is 249 Å². The molecule has 2 heteroatoms. The Hall–Kier alpha value is -9.50. The van der Waals surface area contributed by atoms with Gasteiger partial charge in [0.2, 0.25) is 0 Å². The van der Waals surface area contributed by atoms with E-state index in [9.17, 15) is 0 Å². The maximum absolute atomic E-state index is 5.13. The largest absolute Gasteiger partial charge is 0.310 e. The summed E-state index contributed by atoms with van der Waals surface area (Å²) in [7, 11) is 0. The summed E-state index contributed by atoms with van der Waals surface area (Å²) >= 11 is 0. The Morgan fingerprint density at radius 2 is 0.907 bits per heavy atom. The predicted octanol–water partition coefficient (Wildman–Crippen LogP) is 20.4. The van der Waals surface area contributed by atoms with E-state index in [1.54, 1.807) is 0 Å². The minimum atomic E-state index is 0.198. The van der Waals surface area contributed by atoms with Gasteiger partial charge in [-0.2, -0.15) is 0 Å². The Labute approximate surface area is 443 Å². The molecule has 10 aromatic carbocycles.